The molecule has 18 heavy (non-hydrogen) atoms. The van der Waals surface area contributed by atoms with Gasteiger partial charge in [0, 0.05) is 10.2 Å². The van der Waals surface area contributed by atoms with E-state index >= 15 is 0 Å². The van der Waals surface area contributed by atoms with Gasteiger partial charge in [-0.2, -0.15) is 0 Å². The van der Waals surface area contributed by atoms with Crippen LogP contribution in [0.25, 0.3) is 0 Å². The molecule has 0 bridgehead atoms. The number of carbonyl (C=O) groups is 1. The van der Waals surface area contributed by atoms with E-state index in [4.69, 9.17) is 0 Å². The van der Waals surface area contributed by atoms with Gasteiger partial charge in [0.2, 0.25) is 0 Å². The van der Waals surface area contributed by atoms with E-state index in [1.165, 1.54) is 30.6 Å². The zero-order chi connectivity index (χ0) is 12.8. The number of nitrogens with one attached hydrogen (secondary N) is 2. The number of likely N-dealkylation sites (tertiary alicyclic amines) is 1. The second kappa shape index (κ2) is 6.90. The van der Waals surface area contributed by atoms with E-state index in [0.717, 1.165) is 23.2 Å². The van der Waals surface area contributed by atoms with Gasteiger partial charge in [-0.25, -0.2) is 0 Å². The van der Waals surface area contributed by atoms with Crippen LogP contribution in [0.5, 0.6) is 0 Å². The van der Waals surface area contributed by atoms with Crippen LogP contribution < -0.4 is 10.2 Å². The monoisotopic (exact) mass is 311 g/mol. The number of carbonyl (C=O) groups excluding carboxylic acids is 1. The molecule has 1 aliphatic rings. The van der Waals surface area contributed by atoms with Crippen LogP contribution in [0.3, 0.4) is 0 Å². The Labute approximate surface area is 117 Å². The lowest BCUT2D eigenvalue weighted by atomic mass is 10.2. The highest BCUT2D eigenvalue weighted by atomic mass is 79.9. The van der Waals surface area contributed by atoms with Gasteiger partial charge in [-0.15, -0.1) is 0 Å². The number of amides is 1. The summed E-state index contributed by atoms with van der Waals surface area (Å²) in [5.74, 6) is 0.120. The Bertz CT molecular complexity index is 383. The molecule has 0 saturated carbocycles. The number of halogens is 1. The van der Waals surface area contributed by atoms with Crippen molar-refractivity contribution in [2.45, 2.75) is 25.7 Å². The highest BCUT2D eigenvalue weighted by Crippen LogP contribution is 2.13. The van der Waals surface area contributed by atoms with Gasteiger partial charge in [-0.3, -0.25) is 4.79 Å². The van der Waals surface area contributed by atoms with Crippen LogP contribution in [-0.4, -0.2) is 25.5 Å². The average Bonchev–Trinajstić information content (AvgIpc) is 2.61. The molecule has 1 aromatic carbocycles. The van der Waals surface area contributed by atoms with Crippen molar-refractivity contribution in [3.8, 4) is 0 Å². The van der Waals surface area contributed by atoms with Gasteiger partial charge >= 0.3 is 0 Å². The quantitative estimate of drug-likeness (QED) is 0.877. The largest absolute Gasteiger partial charge is 0.327 e. The maximum Gasteiger partial charge on any atom is 0.279 e. The maximum absolute atomic E-state index is 11.9. The Hall–Kier alpha value is -0.870. The lowest BCUT2D eigenvalue weighted by molar-refractivity contribution is -0.890. The number of benzene rings is 1. The average molecular weight is 312 g/mol. The first-order chi connectivity index (χ1) is 8.74. The second-order valence-corrected chi connectivity index (χ2v) is 5.81. The van der Waals surface area contributed by atoms with E-state index in [0.29, 0.717) is 6.54 Å². The fourth-order valence-corrected chi connectivity index (χ4v) is 2.64. The molecule has 0 aromatic heterocycles. The van der Waals surface area contributed by atoms with Crippen molar-refractivity contribution in [3.63, 3.8) is 0 Å². The molecule has 1 aliphatic heterocycles. The van der Waals surface area contributed by atoms with E-state index < -0.39 is 0 Å². The van der Waals surface area contributed by atoms with Crippen molar-refractivity contribution in [2.75, 3.05) is 25.0 Å². The molecule has 1 aromatic rings. The summed E-state index contributed by atoms with van der Waals surface area (Å²) in [4.78, 5) is 13.4. The fraction of sp³-hybridized carbons (Fsp3) is 0.500. The maximum atomic E-state index is 11.9. The number of hydrogen-bond donors (Lipinski definition) is 2. The van der Waals surface area contributed by atoms with E-state index in [2.05, 4.69) is 21.2 Å². The van der Waals surface area contributed by atoms with Crippen molar-refractivity contribution < 1.29 is 9.69 Å². The van der Waals surface area contributed by atoms with Crippen LogP contribution >= 0.6 is 15.9 Å². The second-order valence-electron chi connectivity index (χ2n) is 4.90. The summed E-state index contributed by atoms with van der Waals surface area (Å²) in [5, 5.41) is 2.96. The lowest BCUT2D eigenvalue weighted by Gasteiger charge is -2.16. The minimum absolute atomic E-state index is 0.120. The Morgan fingerprint density at radius 1 is 1.11 bits per heavy atom. The molecule has 0 aliphatic carbocycles. The molecule has 0 unspecified atom stereocenters. The Morgan fingerprint density at radius 2 is 1.72 bits per heavy atom. The number of anilines is 1. The zero-order valence-corrected chi connectivity index (χ0v) is 12.1. The molecule has 2 N–H and O–H groups in total. The third-order valence-electron chi connectivity index (χ3n) is 3.35. The van der Waals surface area contributed by atoms with Crippen LogP contribution in [0, 0.1) is 0 Å². The molecular weight excluding hydrogens is 292 g/mol. The summed E-state index contributed by atoms with van der Waals surface area (Å²) >= 11 is 3.38. The third-order valence-corrected chi connectivity index (χ3v) is 3.88. The minimum atomic E-state index is 0.120. The first-order valence-electron chi connectivity index (χ1n) is 6.63. The van der Waals surface area contributed by atoms with Crippen LogP contribution in [0.1, 0.15) is 25.7 Å². The molecule has 2 rings (SSSR count). The Morgan fingerprint density at radius 3 is 2.33 bits per heavy atom. The predicted octanol–water partition coefficient (Wildman–Crippen LogP) is 1.85. The molecule has 3 nitrogen and oxygen atoms in total. The van der Waals surface area contributed by atoms with Crippen molar-refractivity contribution in [1.29, 1.82) is 0 Å². The Balaban J connectivity index is 1.82. The van der Waals surface area contributed by atoms with Gasteiger partial charge in [0.1, 0.15) is 0 Å². The molecule has 0 atom stereocenters. The summed E-state index contributed by atoms with van der Waals surface area (Å²) in [7, 11) is 0. The molecule has 1 saturated heterocycles. The highest BCUT2D eigenvalue weighted by molar-refractivity contribution is 9.10. The fourth-order valence-electron chi connectivity index (χ4n) is 2.37. The SMILES string of the molecule is O=C(C[NH+]1CCCCCC1)Nc1ccc(Br)cc1. The summed E-state index contributed by atoms with van der Waals surface area (Å²) < 4.78 is 1.03. The summed E-state index contributed by atoms with van der Waals surface area (Å²) in [5.41, 5.74) is 0.873. The molecule has 0 radical (unpaired) electrons. The topological polar surface area (TPSA) is 33.5 Å². The van der Waals surface area contributed by atoms with Gasteiger partial charge in [0.15, 0.2) is 6.54 Å². The van der Waals surface area contributed by atoms with E-state index in [-0.39, 0.29) is 5.91 Å². The van der Waals surface area contributed by atoms with Crippen molar-refractivity contribution in [1.82, 2.24) is 0 Å². The number of quaternary nitrogens is 1. The smallest absolute Gasteiger partial charge is 0.279 e. The zero-order valence-electron chi connectivity index (χ0n) is 10.5. The first-order valence-corrected chi connectivity index (χ1v) is 7.42. The molecule has 1 heterocycles. The lowest BCUT2D eigenvalue weighted by Crippen LogP contribution is -3.12. The van der Waals surface area contributed by atoms with Gasteiger partial charge in [0.05, 0.1) is 13.1 Å². The van der Waals surface area contributed by atoms with E-state index in [1.807, 2.05) is 24.3 Å². The summed E-state index contributed by atoms with van der Waals surface area (Å²) in [6.45, 7) is 2.86. The highest BCUT2D eigenvalue weighted by Gasteiger charge is 2.16. The van der Waals surface area contributed by atoms with Crippen molar-refractivity contribution in [2.24, 2.45) is 0 Å². The van der Waals surface area contributed by atoms with Gasteiger partial charge in [-0.1, -0.05) is 15.9 Å². The van der Waals surface area contributed by atoms with Crippen molar-refractivity contribution >= 4 is 27.5 Å². The summed E-state index contributed by atoms with van der Waals surface area (Å²) in [6, 6.07) is 7.71. The molecule has 1 amide bonds. The Kier molecular flexibility index (Phi) is 5.20. The van der Waals surface area contributed by atoms with Gasteiger partial charge < -0.3 is 10.2 Å². The van der Waals surface area contributed by atoms with Gasteiger partial charge in [-0.05, 0) is 49.9 Å². The van der Waals surface area contributed by atoms with Gasteiger partial charge in [0.25, 0.3) is 5.91 Å². The van der Waals surface area contributed by atoms with Crippen LogP contribution in [-0.2, 0) is 4.79 Å². The first kappa shape index (κ1) is 13.6. The van der Waals surface area contributed by atoms with Crippen molar-refractivity contribution in [3.05, 3.63) is 28.7 Å². The molecule has 1 fully saturated rings. The standard InChI is InChI=1S/C14H19BrN2O/c15-12-5-7-13(8-6-12)16-14(18)11-17-9-3-1-2-4-10-17/h5-8H,1-4,9-11H2,(H,16,18)/p+1. The molecular formula is C14H20BrN2O+. The van der Waals surface area contributed by atoms with Crippen LogP contribution in [0.15, 0.2) is 28.7 Å². The van der Waals surface area contributed by atoms with E-state index in [9.17, 15) is 4.79 Å². The third kappa shape index (κ3) is 4.42. The number of rotatable bonds is 3. The van der Waals surface area contributed by atoms with Crippen LogP contribution in [0.4, 0.5) is 5.69 Å². The van der Waals surface area contributed by atoms with Crippen LogP contribution in [0.2, 0.25) is 0 Å². The summed E-state index contributed by atoms with van der Waals surface area (Å²) in [6.07, 6.45) is 5.14. The van der Waals surface area contributed by atoms with E-state index in [1.54, 1.807) is 0 Å². The molecule has 4 heteroatoms. The number of hydrogen-bond acceptors (Lipinski definition) is 1. The minimum Gasteiger partial charge on any atom is -0.327 e. The predicted molar refractivity (Wildman–Crippen MR) is 76.8 cm³/mol. The molecule has 98 valence electrons. The molecule has 0 spiro atoms. The normalized spacial score (nSPS) is 17.2.